The maximum absolute atomic E-state index is 12.6. The predicted octanol–water partition coefficient (Wildman–Crippen LogP) is 3.71. The fourth-order valence-electron chi connectivity index (χ4n) is 3.47. The summed E-state index contributed by atoms with van der Waals surface area (Å²) in [6.07, 6.45) is 7.56. The average Bonchev–Trinajstić information content (AvgIpc) is 2.89. The molecule has 1 aromatic carbocycles. The Kier molecular flexibility index (Phi) is 8.62. The van der Waals surface area contributed by atoms with Crippen molar-refractivity contribution in [3.05, 3.63) is 35.9 Å². The molecule has 0 heterocycles. The topological polar surface area (TPSA) is 75.6 Å². The van der Waals surface area contributed by atoms with Crippen LogP contribution < -0.4 is 5.32 Å². The maximum Gasteiger partial charge on any atom is 0.303 e. The lowest BCUT2D eigenvalue weighted by Crippen LogP contribution is -2.43. The standard InChI is InChI=1S/C21H31NO4/c1-16(26-19-11-7-2-3-8-12-19)21(25)22-18(13-14-20(23)24)15-17-9-5-4-6-10-17/h4-6,9-10,16,18-19H,2-3,7-8,11-15H2,1H3,(H,22,25)(H,23,24). The van der Waals surface area contributed by atoms with Gasteiger partial charge in [-0.1, -0.05) is 56.0 Å². The highest BCUT2D eigenvalue weighted by Crippen LogP contribution is 2.21. The third kappa shape index (κ3) is 7.56. The number of hydrogen-bond acceptors (Lipinski definition) is 3. The lowest BCUT2D eigenvalue weighted by atomic mass is 10.0. The van der Waals surface area contributed by atoms with Crippen LogP contribution in [0.2, 0.25) is 0 Å². The lowest BCUT2D eigenvalue weighted by Gasteiger charge is -2.24. The van der Waals surface area contributed by atoms with Crippen LogP contribution in [0.15, 0.2) is 30.3 Å². The number of aliphatic carboxylic acids is 1. The molecule has 0 bridgehead atoms. The Morgan fingerprint density at radius 1 is 1.15 bits per heavy atom. The number of ether oxygens (including phenoxy) is 1. The normalized spacial score (nSPS) is 17.9. The van der Waals surface area contributed by atoms with E-state index in [4.69, 9.17) is 9.84 Å². The number of carboxylic acids is 1. The first kappa shape index (κ1) is 20.4. The molecular weight excluding hydrogens is 330 g/mol. The van der Waals surface area contributed by atoms with Crippen LogP contribution in [0, 0.1) is 0 Å². The molecule has 2 N–H and O–H groups in total. The molecule has 0 radical (unpaired) electrons. The van der Waals surface area contributed by atoms with Gasteiger partial charge >= 0.3 is 5.97 Å². The van der Waals surface area contributed by atoms with Gasteiger partial charge in [-0.25, -0.2) is 0 Å². The average molecular weight is 361 g/mol. The van der Waals surface area contributed by atoms with Crippen molar-refractivity contribution in [1.82, 2.24) is 5.32 Å². The van der Waals surface area contributed by atoms with Crippen LogP contribution in [0.1, 0.15) is 63.9 Å². The number of amides is 1. The lowest BCUT2D eigenvalue weighted by molar-refractivity contribution is -0.139. The Morgan fingerprint density at radius 3 is 2.42 bits per heavy atom. The summed E-state index contributed by atoms with van der Waals surface area (Å²) in [4.78, 5) is 23.5. The minimum Gasteiger partial charge on any atom is -0.481 e. The first-order chi connectivity index (χ1) is 12.5. The zero-order valence-electron chi connectivity index (χ0n) is 15.7. The molecule has 1 amide bonds. The third-order valence-corrected chi connectivity index (χ3v) is 4.95. The van der Waals surface area contributed by atoms with Crippen LogP contribution in [0.3, 0.4) is 0 Å². The zero-order chi connectivity index (χ0) is 18.8. The summed E-state index contributed by atoms with van der Waals surface area (Å²) in [5.41, 5.74) is 1.08. The fourth-order valence-corrected chi connectivity index (χ4v) is 3.47. The van der Waals surface area contributed by atoms with Crippen molar-refractivity contribution in [3.8, 4) is 0 Å². The van der Waals surface area contributed by atoms with Crippen molar-refractivity contribution in [2.45, 2.75) is 83.0 Å². The molecule has 1 fully saturated rings. The van der Waals surface area contributed by atoms with E-state index in [-0.39, 0.29) is 24.5 Å². The third-order valence-electron chi connectivity index (χ3n) is 4.95. The number of rotatable bonds is 9. The minimum absolute atomic E-state index is 0.0373. The largest absolute Gasteiger partial charge is 0.481 e. The van der Waals surface area contributed by atoms with E-state index in [1.807, 2.05) is 30.3 Å². The second-order valence-corrected chi connectivity index (χ2v) is 7.22. The van der Waals surface area contributed by atoms with Crippen LogP contribution in [0.4, 0.5) is 0 Å². The summed E-state index contributed by atoms with van der Waals surface area (Å²) >= 11 is 0. The van der Waals surface area contributed by atoms with Gasteiger partial charge in [0.25, 0.3) is 0 Å². The van der Waals surface area contributed by atoms with Gasteiger partial charge in [0, 0.05) is 12.5 Å². The zero-order valence-corrected chi connectivity index (χ0v) is 15.7. The summed E-state index contributed by atoms with van der Waals surface area (Å²) in [5.74, 6) is -0.999. The summed E-state index contributed by atoms with van der Waals surface area (Å²) < 4.78 is 5.98. The Labute approximate surface area is 156 Å². The first-order valence-corrected chi connectivity index (χ1v) is 9.76. The molecule has 2 atom stereocenters. The van der Waals surface area contributed by atoms with E-state index < -0.39 is 12.1 Å². The number of benzene rings is 1. The van der Waals surface area contributed by atoms with E-state index in [9.17, 15) is 9.59 Å². The van der Waals surface area contributed by atoms with Gasteiger partial charge in [0.2, 0.25) is 5.91 Å². The molecule has 5 heteroatoms. The molecule has 144 valence electrons. The van der Waals surface area contributed by atoms with Gasteiger partial charge in [0.05, 0.1) is 6.10 Å². The quantitative estimate of drug-likeness (QED) is 0.658. The highest BCUT2D eigenvalue weighted by Gasteiger charge is 2.23. The van der Waals surface area contributed by atoms with E-state index >= 15 is 0 Å². The summed E-state index contributed by atoms with van der Waals surface area (Å²) in [6.45, 7) is 1.79. The van der Waals surface area contributed by atoms with E-state index in [0.717, 1.165) is 31.2 Å². The molecule has 26 heavy (non-hydrogen) atoms. The highest BCUT2D eigenvalue weighted by atomic mass is 16.5. The van der Waals surface area contributed by atoms with E-state index in [0.29, 0.717) is 12.8 Å². The van der Waals surface area contributed by atoms with Crippen LogP contribution in [-0.2, 0) is 20.7 Å². The van der Waals surface area contributed by atoms with Crippen molar-refractivity contribution >= 4 is 11.9 Å². The molecule has 1 aromatic rings. The first-order valence-electron chi connectivity index (χ1n) is 9.76. The van der Waals surface area contributed by atoms with Crippen molar-refractivity contribution in [3.63, 3.8) is 0 Å². The minimum atomic E-state index is -0.847. The molecule has 1 aliphatic carbocycles. The molecule has 0 spiro atoms. The van der Waals surface area contributed by atoms with E-state index in [1.54, 1.807) is 6.92 Å². The maximum atomic E-state index is 12.6. The molecular formula is C21H31NO4. The SMILES string of the molecule is CC(OC1CCCCCC1)C(=O)NC(CCC(=O)O)Cc1ccccc1. The molecule has 1 aliphatic rings. The van der Waals surface area contributed by atoms with E-state index in [2.05, 4.69) is 5.32 Å². The molecule has 1 saturated carbocycles. The second kappa shape index (κ2) is 11.0. The number of carbonyl (C=O) groups excluding carboxylic acids is 1. The van der Waals surface area contributed by atoms with Gasteiger partial charge in [0.1, 0.15) is 6.10 Å². The Morgan fingerprint density at radius 2 is 1.81 bits per heavy atom. The van der Waals surface area contributed by atoms with Crippen LogP contribution >= 0.6 is 0 Å². The second-order valence-electron chi connectivity index (χ2n) is 7.22. The van der Waals surface area contributed by atoms with Crippen molar-refractivity contribution in [2.75, 3.05) is 0 Å². The van der Waals surface area contributed by atoms with E-state index in [1.165, 1.54) is 12.8 Å². The molecule has 0 aromatic heterocycles. The Balaban J connectivity index is 1.89. The van der Waals surface area contributed by atoms with Crippen LogP contribution in [-0.4, -0.2) is 35.2 Å². The van der Waals surface area contributed by atoms with Crippen molar-refractivity contribution in [2.24, 2.45) is 0 Å². The predicted molar refractivity (Wildman–Crippen MR) is 101 cm³/mol. The highest BCUT2D eigenvalue weighted by molar-refractivity contribution is 5.80. The van der Waals surface area contributed by atoms with Crippen molar-refractivity contribution in [1.29, 1.82) is 0 Å². The van der Waals surface area contributed by atoms with Gasteiger partial charge in [-0.3, -0.25) is 9.59 Å². The summed E-state index contributed by atoms with van der Waals surface area (Å²) in [6, 6.07) is 9.61. The smallest absolute Gasteiger partial charge is 0.303 e. The number of carboxylic acid groups (broad SMARTS) is 1. The molecule has 2 rings (SSSR count). The van der Waals surface area contributed by atoms with Crippen LogP contribution in [0.5, 0.6) is 0 Å². The van der Waals surface area contributed by atoms with Crippen molar-refractivity contribution < 1.29 is 19.4 Å². The molecule has 0 saturated heterocycles. The van der Waals surface area contributed by atoms with Gasteiger partial charge < -0.3 is 15.2 Å². The Bertz CT molecular complexity index is 552. The number of nitrogens with one attached hydrogen (secondary N) is 1. The summed E-state index contributed by atoms with van der Waals surface area (Å²) in [7, 11) is 0. The monoisotopic (exact) mass is 361 g/mol. The van der Waals surface area contributed by atoms with Gasteiger partial charge in [-0.15, -0.1) is 0 Å². The van der Waals surface area contributed by atoms with Gasteiger partial charge in [0.15, 0.2) is 0 Å². The molecule has 5 nitrogen and oxygen atoms in total. The number of carbonyl (C=O) groups is 2. The number of hydrogen-bond donors (Lipinski definition) is 2. The Hall–Kier alpha value is -1.88. The van der Waals surface area contributed by atoms with Crippen LogP contribution in [0.25, 0.3) is 0 Å². The molecule has 2 unspecified atom stereocenters. The fraction of sp³-hybridized carbons (Fsp3) is 0.619. The van der Waals surface area contributed by atoms with Gasteiger partial charge in [-0.05, 0) is 38.2 Å². The van der Waals surface area contributed by atoms with Gasteiger partial charge in [-0.2, -0.15) is 0 Å². The molecule has 0 aliphatic heterocycles. The summed E-state index contributed by atoms with van der Waals surface area (Å²) in [5, 5.41) is 12.0.